The molecular formula is C37H38ClF6N5O5S2. The number of hydrogen-bond acceptors (Lipinski definition) is 8. The molecule has 1 aromatic heterocycles. The largest absolute Gasteiger partial charge is 0.593 e. The molecule has 3 unspecified atom stereocenters. The minimum Gasteiger partial charge on any atom is -0.593 e. The third kappa shape index (κ3) is 8.44. The molecule has 19 heteroatoms. The van der Waals surface area contributed by atoms with E-state index >= 15 is 0 Å². The van der Waals surface area contributed by atoms with Gasteiger partial charge in [0.25, 0.3) is 9.84 Å². The molecule has 4 N–H and O–H groups in total. The molecule has 3 atom stereocenters. The highest BCUT2D eigenvalue weighted by molar-refractivity contribution is 7.96. The summed E-state index contributed by atoms with van der Waals surface area (Å²) in [6.45, 7) is 2.25. The van der Waals surface area contributed by atoms with Gasteiger partial charge in [0.05, 0.1) is 33.2 Å². The Hall–Kier alpha value is -4.10. The maximum absolute atomic E-state index is 14.5. The number of carboxylic acids is 1. The number of anilines is 2. The van der Waals surface area contributed by atoms with Gasteiger partial charge in [-0.1, -0.05) is 35.9 Å². The molecule has 0 bridgehead atoms. The van der Waals surface area contributed by atoms with E-state index in [0.29, 0.717) is 67.3 Å². The van der Waals surface area contributed by atoms with E-state index < -0.39 is 66.3 Å². The average molecular weight is 846 g/mol. The number of piperazine rings is 1. The average Bonchev–Trinajstić information content (AvgIpc) is 3.31. The third-order valence-electron chi connectivity index (χ3n) is 10.1. The lowest BCUT2D eigenvalue weighted by atomic mass is 9.91. The van der Waals surface area contributed by atoms with Crippen molar-refractivity contribution in [2.75, 3.05) is 35.8 Å². The van der Waals surface area contributed by atoms with Crippen LogP contribution in [0, 0.1) is 0 Å². The molecule has 1 saturated heterocycles. The number of sulfone groups is 1. The van der Waals surface area contributed by atoms with E-state index in [2.05, 4.69) is 14.5 Å². The zero-order valence-electron chi connectivity index (χ0n) is 29.8. The Kier molecular flexibility index (Phi) is 11.9. The quantitative estimate of drug-likeness (QED) is 0.173. The van der Waals surface area contributed by atoms with Crippen LogP contribution < -0.4 is 15.4 Å². The summed E-state index contributed by atoms with van der Waals surface area (Å²) in [5.74, 6) is -1.69. The summed E-state index contributed by atoms with van der Waals surface area (Å²) in [7, 11) is -4.45. The lowest BCUT2D eigenvalue weighted by molar-refractivity contribution is -0.143. The zero-order chi connectivity index (χ0) is 40.7. The van der Waals surface area contributed by atoms with Crippen molar-refractivity contribution in [2.24, 2.45) is 12.8 Å². The van der Waals surface area contributed by atoms with Crippen LogP contribution in [0.2, 0.25) is 0 Å². The summed E-state index contributed by atoms with van der Waals surface area (Å²) >= 11 is 4.21. The number of rotatable bonds is 9. The number of alkyl halides is 6. The molecule has 0 saturated carbocycles. The molecule has 1 aliphatic heterocycles. The highest BCUT2D eigenvalue weighted by atomic mass is 35.5. The SMILES string of the molecule is Cn1c(C2=CCC=C(Cl)C=C2)c(C2=CCCC(N3CCN(c4ccc(N[S+]([O-])C5C=C(S(=O)(=O)C(F)(F)F)C(N)CC5)cc4)CC3)=C2)c(C(=O)O)c1C(F)(F)F. The van der Waals surface area contributed by atoms with Crippen LogP contribution >= 0.6 is 11.6 Å². The Bertz CT molecular complexity index is 2170. The molecule has 1 aromatic carbocycles. The van der Waals surface area contributed by atoms with Crippen LogP contribution in [-0.2, 0) is 34.4 Å². The normalized spacial score (nSPS) is 21.7. The van der Waals surface area contributed by atoms with Gasteiger partial charge in [-0.3, -0.25) is 0 Å². The van der Waals surface area contributed by atoms with Crippen LogP contribution in [0.3, 0.4) is 0 Å². The van der Waals surface area contributed by atoms with Gasteiger partial charge >= 0.3 is 17.7 Å². The van der Waals surface area contributed by atoms with Crippen molar-refractivity contribution in [1.82, 2.24) is 9.47 Å². The van der Waals surface area contributed by atoms with Gasteiger partial charge in [0.15, 0.2) is 5.25 Å². The molecule has 1 fully saturated rings. The minimum atomic E-state index is -5.66. The maximum atomic E-state index is 14.5. The van der Waals surface area contributed by atoms with Gasteiger partial charge in [0, 0.05) is 67.7 Å². The van der Waals surface area contributed by atoms with Gasteiger partial charge < -0.3 is 29.8 Å². The molecule has 6 rings (SSSR count). The highest BCUT2D eigenvalue weighted by Gasteiger charge is 2.51. The molecule has 4 aliphatic rings. The number of allylic oxidation sites excluding steroid dienone is 10. The van der Waals surface area contributed by atoms with E-state index in [9.17, 15) is 49.2 Å². The molecule has 56 heavy (non-hydrogen) atoms. The summed E-state index contributed by atoms with van der Waals surface area (Å²) in [6.07, 6.45) is 7.45. The van der Waals surface area contributed by atoms with E-state index in [1.54, 1.807) is 60.7 Å². The number of halogens is 7. The number of carboxylic acid groups (broad SMARTS) is 1. The highest BCUT2D eigenvalue weighted by Crippen LogP contribution is 2.44. The smallest absolute Gasteiger partial charge is 0.501 e. The summed E-state index contributed by atoms with van der Waals surface area (Å²) in [4.78, 5) is 15.8. The second-order valence-corrected chi connectivity index (χ2v) is 17.4. The molecule has 302 valence electrons. The molecular weight excluding hydrogens is 808 g/mol. The van der Waals surface area contributed by atoms with Crippen molar-refractivity contribution in [3.63, 3.8) is 0 Å². The predicted octanol–water partition coefficient (Wildman–Crippen LogP) is 7.48. The second-order valence-electron chi connectivity index (χ2n) is 13.6. The number of hydrogen-bond donors (Lipinski definition) is 3. The van der Waals surface area contributed by atoms with Crippen LogP contribution in [0.5, 0.6) is 0 Å². The first-order chi connectivity index (χ1) is 26.3. The first-order valence-corrected chi connectivity index (χ1v) is 20.6. The summed E-state index contributed by atoms with van der Waals surface area (Å²) in [5, 5.41) is 9.58. The lowest BCUT2D eigenvalue weighted by Crippen LogP contribution is -2.46. The number of nitrogens with zero attached hydrogens (tertiary/aromatic N) is 3. The number of carbonyl (C=O) groups is 1. The Labute approximate surface area is 327 Å². The third-order valence-corrected chi connectivity index (χ3v) is 13.4. The van der Waals surface area contributed by atoms with Gasteiger partial charge in [-0.15, -0.1) is 0 Å². The van der Waals surface area contributed by atoms with E-state index in [4.69, 9.17) is 17.3 Å². The van der Waals surface area contributed by atoms with E-state index in [0.717, 1.165) is 22.0 Å². The van der Waals surface area contributed by atoms with Gasteiger partial charge in [0.1, 0.15) is 5.69 Å². The summed E-state index contributed by atoms with van der Waals surface area (Å²) in [5.41, 5.74) is 1.09. The van der Waals surface area contributed by atoms with E-state index in [-0.39, 0.29) is 24.1 Å². The van der Waals surface area contributed by atoms with Crippen molar-refractivity contribution < 1.29 is 49.2 Å². The van der Waals surface area contributed by atoms with Crippen molar-refractivity contribution in [1.29, 1.82) is 0 Å². The Morgan fingerprint density at radius 2 is 1.64 bits per heavy atom. The standard InChI is InChI=1S/C37H38ClF6N5O5S2/c1-47-33(22-4-2-6-24(38)9-8-22)31(32(35(50)51)34(47)36(39,40)41)23-5-3-7-27(20-23)49-18-16-48(17-19-49)26-12-10-25(11-13-26)46-55(52)28-14-15-29(45)30(21-28)56(53,54)37(42,43)44/h4-6,8-13,20-21,28-29,46H,2-3,7,14-19,45H2,1H3,(H,50,51). The molecule has 2 aromatic rings. The molecule has 3 aliphatic carbocycles. The van der Waals surface area contributed by atoms with Crippen molar-refractivity contribution >= 4 is 61.3 Å². The lowest BCUT2D eigenvalue weighted by Gasteiger charge is -2.39. The van der Waals surface area contributed by atoms with Crippen LogP contribution in [0.4, 0.5) is 37.7 Å². The van der Waals surface area contributed by atoms with E-state index in [1.807, 2.05) is 0 Å². The number of nitrogens with two attached hydrogens (primary N) is 1. The number of aromatic carboxylic acids is 1. The monoisotopic (exact) mass is 845 g/mol. The van der Waals surface area contributed by atoms with E-state index in [1.165, 1.54) is 7.05 Å². The number of nitrogens with one attached hydrogen (secondary N) is 1. The molecule has 0 spiro atoms. The summed E-state index contributed by atoms with van der Waals surface area (Å²) < 4.78 is 124. The van der Waals surface area contributed by atoms with Crippen molar-refractivity contribution in [3.8, 4) is 0 Å². The molecule has 2 heterocycles. The fraction of sp³-hybridized carbons (Fsp3) is 0.378. The molecule has 10 nitrogen and oxygen atoms in total. The van der Waals surface area contributed by atoms with Crippen molar-refractivity contribution in [3.05, 3.63) is 105 Å². The summed E-state index contributed by atoms with van der Waals surface area (Å²) in [6, 6.07) is 5.53. The van der Waals surface area contributed by atoms with Gasteiger partial charge in [-0.05, 0) is 79.3 Å². The first-order valence-electron chi connectivity index (χ1n) is 17.5. The Morgan fingerprint density at radius 3 is 2.27 bits per heavy atom. The topological polar surface area (TPSA) is 144 Å². The van der Waals surface area contributed by atoms with Gasteiger partial charge in [-0.2, -0.15) is 26.3 Å². The van der Waals surface area contributed by atoms with Crippen LogP contribution in [0.15, 0.2) is 82.4 Å². The van der Waals surface area contributed by atoms with Crippen LogP contribution in [0.25, 0.3) is 11.1 Å². The Balaban J connectivity index is 1.16. The van der Waals surface area contributed by atoms with Gasteiger partial charge in [-0.25, -0.2) is 17.9 Å². The first kappa shape index (κ1) is 41.5. The van der Waals surface area contributed by atoms with Crippen LogP contribution in [-0.4, -0.2) is 76.5 Å². The van der Waals surface area contributed by atoms with Crippen molar-refractivity contribution in [2.45, 2.75) is 55.1 Å². The maximum Gasteiger partial charge on any atom is 0.501 e. The Morgan fingerprint density at radius 1 is 0.982 bits per heavy atom. The molecule has 0 radical (unpaired) electrons. The fourth-order valence-corrected chi connectivity index (χ4v) is 9.89. The predicted molar refractivity (Wildman–Crippen MR) is 204 cm³/mol. The van der Waals surface area contributed by atoms with Gasteiger partial charge in [0.2, 0.25) is 0 Å². The second kappa shape index (κ2) is 16.0. The fourth-order valence-electron chi connectivity index (χ4n) is 7.38. The van der Waals surface area contributed by atoms with Crippen LogP contribution in [0.1, 0.15) is 59.4 Å². The molecule has 0 amide bonds. The zero-order valence-corrected chi connectivity index (χ0v) is 32.2. The number of benzene rings is 1. The minimum absolute atomic E-state index is 0.0124. The number of aromatic nitrogens is 1.